The second-order valence-electron chi connectivity index (χ2n) is 8.72. The highest BCUT2D eigenvalue weighted by atomic mass is 35.5. The average molecular weight is 493 g/mol. The van der Waals surface area contributed by atoms with E-state index in [2.05, 4.69) is 0 Å². The van der Waals surface area contributed by atoms with Crippen LogP contribution >= 0.6 is 11.6 Å². The lowest BCUT2D eigenvalue weighted by atomic mass is 9.87. The number of benzene rings is 3. The third-order valence-electron chi connectivity index (χ3n) is 6.47. The first-order valence-corrected chi connectivity index (χ1v) is 11.8. The summed E-state index contributed by atoms with van der Waals surface area (Å²) in [7, 11) is 5.01. The first kappa shape index (κ1) is 24.6. The van der Waals surface area contributed by atoms with Crippen LogP contribution in [0.15, 0.2) is 72.8 Å². The fourth-order valence-corrected chi connectivity index (χ4v) is 4.88. The van der Waals surface area contributed by atoms with E-state index in [1.165, 1.54) is 0 Å². The fraction of sp³-hybridized carbons (Fsp3) is 0.286. The number of hydrogen-bond acceptors (Lipinski definition) is 4. The van der Waals surface area contributed by atoms with Crippen LogP contribution in [0.25, 0.3) is 0 Å². The van der Waals surface area contributed by atoms with Gasteiger partial charge < -0.3 is 19.3 Å². The minimum atomic E-state index is -0.437. The highest BCUT2D eigenvalue weighted by molar-refractivity contribution is 6.30. The molecule has 4 rings (SSSR count). The highest BCUT2D eigenvalue weighted by Gasteiger charge is 2.43. The van der Waals surface area contributed by atoms with Crippen molar-refractivity contribution in [1.82, 2.24) is 9.80 Å². The lowest BCUT2D eigenvalue weighted by Gasteiger charge is -2.25. The second-order valence-corrected chi connectivity index (χ2v) is 9.16. The summed E-state index contributed by atoms with van der Waals surface area (Å²) in [4.78, 5) is 30.6. The third-order valence-corrected chi connectivity index (χ3v) is 6.71. The van der Waals surface area contributed by atoms with Gasteiger partial charge in [-0.2, -0.15) is 0 Å². The standard InChI is InChI=1S/C28H29ClN2O4/c1-30(16-19-8-5-4-6-9-19)28(33)25-18-31(27(32)20-10-7-11-21(29)14-20)17-24(25)23-15-22(34-2)12-13-26(23)35-3/h4-15,24-25H,16-18H2,1-3H3. The minimum absolute atomic E-state index is 0.0230. The van der Waals surface area contributed by atoms with E-state index in [4.69, 9.17) is 21.1 Å². The first-order chi connectivity index (χ1) is 16.9. The molecule has 2 unspecified atom stereocenters. The highest BCUT2D eigenvalue weighted by Crippen LogP contribution is 2.40. The van der Waals surface area contributed by atoms with Gasteiger partial charge in [-0.25, -0.2) is 0 Å². The predicted molar refractivity (Wildman–Crippen MR) is 136 cm³/mol. The zero-order chi connectivity index (χ0) is 24.9. The summed E-state index contributed by atoms with van der Waals surface area (Å²) < 4.78 is 11.1. The monoisotopic (exact) mass is 492 g/mol. The number of amides is 2. The van der Waals surface area contributed by atoms with Crippen molar-refractivity contribution in [1.29, 1.82) is 0 Å². The summed E-state index contributed by atoms with van der Waals surface area (Å²) >= 11 is 6.13. The van der Waals surface area contributed by atoms with E-state index < -0.39 is 5.92 Å². The molecule has 35 heavy (non-hydrogen) atoms. The molecule has 1 heterocycles. The van der Waals surface area contributed by atoms with Gasteiger partial charge in [0.25, 0.3) is 5.91 Å². The zero-order valence-corrected chi connectivity index (χ0v) is 20.9. The molecule has 0 saturated carbocycles. The number of carbonyl (C=O) groups is 2. The largest absolute Gasteiger partial charge is 0.497 e. The number of rotatable bonds is 7. The summed E-state index contributed by atoms with van der Waals surface area (Å²) in [6, 6.07) is 22.3. The molecule has 0 N–H and O–H groups in total. The van der Waals surface area contributed by atoms with Crippen LogP contribution in [0.3, 0.4) is 0 Å². The van der Waals surface area contributed by atoms with Gasteiger partial charge in [0.15, 0.2) is 0 Å². The number of hydrogen-bond donors (Lipinski definition) is 0. The molecule has 3 aromatic rings. The fourth-order valence-electron chi connectivity index (χ4n) is 4.69. The van der Waals surface area contributed by atoms with E-state index in [9.17, 15) is 9.59 Å². The molecule has 1 saturated heterocycles. The number of methoxy groups -OCH3 is 2. The third kappa shape index (κ3) is 5.43. The Balaban J connectivity index is 1.67. The number of ether oxygens (including phenoxy) is 2. The number of halogens is 1. The molecule has 182 valence electrons. The maximum absolute atomic E-state index is 13.7. The van der Waals surface area contributed by atoms with Gasteiger partial charge in [-0.3, -0.25) is 9.59 Å². The van der Waals surface area contributed by atoms with Gasteiger partial charge >= 0.3 is 0 Å². The van der Waals surface area contributed by atoms with Crippen LogP contribution < -0.4 is 9.47 Å². The molecular formula is C28H29ClN2O4. The maximum atomic E-state index is 13.7. The first-order valence-electron chi connectivity index (χ1n) is 11.5. The zero-order valence-electron chi connectivity index (χ0n) is 20.1. The topological polar surface area (TPSA) is 59.1 Å². The lowest BCUT2D eigenvalue weighted by Crippen LogP contribution is -2.36. The van der Waals surface area contributed by atoms with Crippen LogP contribution in [0.4, 0.5) is 0 Å². The predicted octanol–water partition coefficient (Wildman–Crippen LogP) is 4.87. The summed E-state index contributed by atoms with van der Waals surface area (Å²) in [5, 5.41) is 0.497. The van der Waals surface area contributed by atoms with Crippen LogP contribution in [0.2, 0.25) is 5.02 Å². The summed E-state index contributed by atoms with van der Waals surface area (Å²) in [6.07, 6.45) is 0. The second kappa shape index (κ2) is 10.8. The molecule has 1 aliphatic heterocycles. The molecule has 0 aliphatic carbocycles. The summed E-state index contributed by atoms with van der Waals surface area (Å²) in [5.74, 6) is 0.466. The van der Waals surface area contributed by atoms with Crippen LogP contribution in [-0.2, 0) is 11.3 Å². The Morgan fingerprint density at radius 1 is 0.971 bits per heavy atom. The van der Waals surface area contributed by atoms with Crippen molar-refractivity contribution in [2.45, 2.75) is 12.5 Å². The maximum Gasteiger partial charge on any atom is 0.253 e. The molecule has 3 aromatic carbocycles. The molecule has 0 bridgehead atoms. The molecule has 0 aromatic heterocycles. The average Bonchev–Trinajstić information content (AvgIpc) is 3.33. The van der Waals surface area contributed by atoms with Crippen molar-refractivity contribution in [2.75, 3.05) is 34.4 Å². The molecule has 1 fully saturated rings. The van der Waals surface area contributed by atoms with Crippen molar-refractivity contribution in [2.24, 2.45) is 5.92 Å². The van der Waals surface area contributed by atoms with E-state index in [0.717, 1.165) is 11.1 Å². The van der Waals surface area contributed by atoms with Crippen molar-refractivity contribution in [3.8, 4) is 11.5 Å². The van der Waals surface area contributed by atoms with Crippen LogP contribution in [0.5, 0.6) is 11.5 Å². The van der Waals surface area contributed by atoms with Crippen molar-refractivity contribution in [3.05, 3.63) is 94.5 Å². The SMILES string of the molecule is COc1ccc(OC)c(C2CN(C(=O)c3cccc(Cl)c3)CC2C(=O)N(C)Cc2ccccc2)c1. The molecule has 6 nitrogen and oxygen atoms in total. The number of nitrogens with zero attached hydrogens (tertiary/aromatic N) is 2. The van der Waals surface area contributed by atoms with Gasteiger partial charge in [0.2, 0.25) is 5.91 Å². The number of likely N-dealkylation sites (tertiary alicyclic amines) is 1. The normalized spacial score (nSPS) is 17.2. The van der Waals surface area contributed by atoms with Gasteiger partial charge in [0.05, 0.1) is 20.1 Å². The van der Waals surface area contributed by atoms with Crippen LogP contribution in [-0.4, -0.2) is 56.0 Å². The Morgan fingerprint density at radius 2 is 1.74 bits per heavy atom. The van der Waals surface area contributed by atoms with Crippen molar-refractivity contribution in [3.63, 3.8) is 0 Å². The molecule has 0 spiro atoms. The Hall–Kier alpha value is -3.51. The quantitative estimate of drug-likeness (QED) is 0.472. The van der Waals surface area contributed by atoms with Crippen LogP contribution in [0.1, 0.15) is 27.4 Å². The summed E-state index contributed by atoms with van der Waals surface area (Å²) in [6.45, 7) is 1.17. The van der Waals surface area contributed by atoms with Crippen molar-refractivity contribution < 1.29 is 19.1 Å². The van der Waals surface area contributed by atoms with Crippen LogP contribution in [0, 0.1) is 5.92 Å². The Bertz CT molecular complexity index is 1200. The van der Waals surface area contributed by atoms with Gasteiger partial charge in [0.1, 0.15) is 11.5 Å². The Labute approximate surface area is 211 Å². The molecular weight excluding hydrogens is 464 g/mol. The molecule has 0 radical (unpaired) electrons. The number of carbonyl (C=O) groups excluding carboxylic acids is 2. The van der Waals surface area contributed by atoms with E-state index in [1.54, 1.807) is 55.3 Å². The van der Waals surface area contributed by atoms with E-state index >= 15 is 0 Å². The molecule has 1 aliphatic rings. The van der Waals surface area contributed by atoms with Gasteiger partial charge in [-0.05, 0) is 42.0 Å². The van der Waals surface area contributed by atoms with E-state index in [1.807, 2.05) is 48.5 Å². The minimum Gasteiger partial charge on any atom is -0.497 e. The Kier molecular flexibility index (Phi) is 7.61. The van der Waals surface area contributed by atoms with E-state index in [-0.39, 0.29) is 17.7 Å². The lowest BCUT2D eigenvalue weighted by molar-refractivity contribution is -0.134. The molecule has 2 atom stereocenters. The Morgan fingerprint density at radius 3 is 2.43 bits per heavy atom. The molecule has 2 amide bonds. The van der Waals surface area contributed by atoms with Gasteiger partial charge in [-0.15, -0.1) is 0 Å². The summed E-state index contributed by atoms with van der Waals surface area (Å²) in [5.41, 5.74) is 2.39. The van der Waals surface area contributed by atoms with Gasteiger partial charge in [0, 0.05) is 48.7 Å². The van der Waals surface area contributed by atoms with E-state index in [0.29, 0.717) is 41.7 Å². The van der Waals surface area contributed by atoms with Gasteiger partial charge in [-0.1, -0.05) is 48.0 Å². The smallest absolute Gasteiger partial charge is 0.253 e. The molecule has 7 heteroatoms. The van der Waals surface area contributed by atoms with Crippen molar-refractivity contribution >= 4 is 23.4 Å².